The van der Waals surface area contributed by atoms with E-state index in [2.05, 4.69) is 10.6 Å². The number of carbonyl (C=O) groups is 2. The first-order valence-electron chi connectivity index (χ1n) is 7.44. The second kappa shape index (κ2) is 8.55. The lowest BCUT2D eigenvalue weighted by atomic mass is 10.1. The number of anilines is 1. The smallest absolute Gasteiger partial charge is 0.269 e. The molecule has 0 unspecified atom stereocenters. The van der Waals surface area contributed by atoms with E-state index in [4.69, 9.17) is 4.74 Å². The van der Waals surface area contributed by atoms with Gasteiger partial charge >= 0.3 is 0 Å². The number of nitrogens with one attached hydrogen (secondary N) is 2. The van der Waals surface area contributed by atoms with Crippen LogP contribution in [0.5, 0.6) is 0 Å². The Morgan fingerprint density at radius 1 is 1.00 bits per heavy atom. The first-order valence-corrected chi connectivity index (χ1v) is 7.44. The van der Waals surface area contributed by atoms with E-state index >= 15 is 0 Å². The van der Waals surface area contributed by atoms with Gasteiger partial charge in [0.15, 0.2) is 0 Å². The highest BCUT2D eigenvalue weighted by Gasteiger charge is 2.10. The van der Waals surface area contributed by atoms with Crippen LogP contribution in [0.25, 0.3) is 0 Å². The van der Waals surface area contributed by atoms with Gasteiger partial charge in [-0.1, -0.05) is 0 Å². The number of methoxy groups -OCH3 is 1. The zero-order valence-corrected chi connectivity index (χ0v) is 13.5. The van der Waals surface area contributed by atoms with Crippen molar-refractivity contribution in [3.63, 3.8) is 0 Å². The van der Waals surface area contributed by atoms with Gasteiger partial charge in [0.1, 0.15) is 0 Å². The summed E-state index contributed by atoms with van der Waals surface area (Å²) < 4.78 is 4.85. The summed E-state index contributed by atoms with van der Waals surface area (Å²) in [7, 11) is 1.55. The highest BCUT2D eigenvalue weighted by molar-refractivity contribution is 6.04. The molecule has 0 aromatic heterocycles. The molecule has 2 rings (SSSR count). The monoisotopic (exact) mass is 343 g/mol. The molecule has 0 atom stereocenters. The number of hydrogen-bond donors (Lipinski definition) is 2. The number of non-ortho nitro benzene ring substituents is 1. The fourth-order valence-corrected chi connectivity index (χ4v) is 2.01. The minimum atomic E-state index is -0.530. The number of benzene rings is 2. The molecule has 0 heterocycles. The molecule has 0 fully saturated rings. The molecule has 130 valence electrons. The Hall–Kier alpha value is -3.26. The van der Waals surface area contributed by atoms with E-state index in [1.165, 1.54) is 24.3 Å². The van der Waals surface area contributed by atoms with Gasteiger partial charge in [-0.05, 0) is 36.4 Å². The van der Waals surface area contributed by atoms with Gasteiger partial charge in [-0.3, -0.25) is 19.7 Å². The molecule has 25 heavy (non-hydrogen) atoms. The van der Waals surface area contributed by atoms with Crippen LogP contribution in [0.1, 0.15) is 20.7 Å². The van der Waals surface area contributed by atoms with Crippen LogP contribution < -0.4 is 10.6 Å². The van der Waals surface area contributed by atoms with Crippen molar-refractivity contribution in [1.82, 2.24) is 5.32 Å². The number of ether oxygens (including phenoxy) is 1. The summed E-state index contributed by atoms with van der Waals surface area (Å²) in [5, 5.41) is 16.0. The van der Waals surface area contributed by atoms with Gasteiger partial charge in [-0.2, -0.15) is 0 Å². The summed E-state index contributed by atoms with van der Waals surface area (Å²) in [6.07, 6.45) is 0. The van der Waals surface area contributed by atoms with Crippen LogP contribution in [0.3, 0.4) is 0 Å². The molecule has 0 spiro atoms. The molecule has 0 bridgehead atoms. The predicted molar refractivity (Wildman–Crippen MR) is 91.7 cm³/mol. The van der Waals surface area contributed by atoms with E-state index in [0.717, 1.165) is 0 Å². The molecule has 0 saturated carbocycles. The average Bonchev–Trinajstić information content (AvgIpc) is 2.62. The zero-order valence-electron chi connectivity index (χ0n) is 13.5. The Morgan fingerprint density at radius 3 is 2.12 bits per heavy atom. The lowest BCUT2D eigenvalue weighted by molar-refractivity contribution is -0.384. The summed E-state index contributed by atoms with van der Waals surface area (Å²) >= 11 is 0. The first-order chi connectivity index (χ1) is 12.0. The molecular weight excluding hydrogens is 326 g/mol. The summed E-state index contributed by atoms with van der Waals surface area (Å²) in [6, 6.07) is 11.7. The normalized spacial score (nSPS) is 10.1. The predicted octanol–water partition coefficient (Wildman–Crippen LogP) is 2.22. The Kier molecular flexibility index (Phi) is 6.19. The molecule has 0 aliphatic carbocycles. The van der Waals surface area contributed by atoms with Crippen molar-refractivity contribution in [2.24, 2.45) is 0 Å². The van der Waals surface area contributed by atoms with E-state index in [0.29, 0.717) is 30.0 Å². The van der Waals surface area contributed by atoms with E-state index in [-0.39, 0.29) is 11.6 Å². The molecule has 2 N–H and O–H groups in total. The third-order valence-corrected chi connectivity index (χ3v) is 3.34. The van der Waals surface area contributed by atoms with Crippen molar-refractivity contribution in [3.05, 3.63) is 69.8 Å². The van der Waals surface area contributed by atoms with Gasteiger partial charge in [0, 0.05) is 42.6 Å². The van der Waals surface area contributed by atoms with Crippen LogP contribution >= 0.6 is 0 Å². The Balaban J connectivity index is 1.97. The number of carbonyl (C=O) groups excluding carboxylic acids is 2. The quantitative estimate of drug-likeness (QED) is 0.455. The zero-order chi connectivity index (χ0) is 18.2. The summed E-state index contributed by atoms with van der Waals surface area (Å²) in [5.74, 6) is -0.627. The van der Waals surface area contributed by atoms with Crippen LogP contribution in [0.2, 0.25) is 0 Å². The van der Waals surface area contributed by atoms with Gasteiger partial charge < -0.3 is 15.4 Å². The Morgan fingerprint density at radius 2 is 1.56 bits per heavy atom. The molecular formula is C17H17N3O5. The number of hydrogen-bond acceptors (Lipinski definition) is 5. The average molecular weight is 343 g/mol. The number of amides is 2. The second-order valence-electron chi connectivity index (χ2n) is 5.08. The largest absolute Gasteiger partial charge is 0.383 e. The molecule has 2 amide bonds. The maximum Gasteiger partial charge on any atom is 0.269 e. The third-order valence-electron chi connectivity index (χ3n) is 3.34. The van der Waals surface area contributed by atoms with Crippen molar-refractivity contribution in [2.75, 3.05) is 25.6 Å². The SMILES string of the molecule is COCCNC(=O)c1ccc(NC(=O)c2ccc([N+](=O)[O-])cc2)cc1. The van der Waals surface area contributed by atoms with Crippen molar-refractivity contribution in [3.8, 4) is 0 Å². The maximum atomic E-state index is 12.1. The number of nitro groups is 1. The van der Waals surface area contributed by atoms with Gasteiger partial charge in [-0.25, -0.2) is 0 Å². The molecule has 8 nitrogen and oxygen atoms in total. The number of nitrogens with zero attached hydrogens (tertiary/aromatic N) is 1. The Labute approximate surface area is 144 Å². The topological polar surface area (TPSA) is 111 Å². The van der Waals surface area contributed by atoms with Crippen LogP contribution in [0, 0.1) is 10.1 Å². The summed E-state index contributed by atoms with van der Waals surface area (Å²) in [5.41, 5.74) is 1.19. The lowest BCUT2D eigenvalue weighted by Gasteiger charge is -2.07. The number of nitro benzene ring substituents is 1. The second-order valence-corrected chi connectivity index (χ2v) is 5.08. The van der Waals surface area contributed by atoms with Crippen LogP contribution in [-0.2, 0) is 4.74 Å². The van der Waals surface area contributed by atoms with E-state index < -0.39 is 10.8 Å². The fourth-order valence-electron chi connectivity index (χ4n) is 2.01. The number of rotatable bonds is 7. The van der Waals surface area contributed by atoms with Crippen LogP contribution in [0.4, 0.5) is 11.4 Å². The van der Waals surface area contributed by atoms with E-state index in [1.54, 1.807) is 31.4 Å². The van der Waals surface area contributed by atoms with E-state index in [9.17, 15) is 19.7 Å². The van der Waals surface area contributed by atoms with E-state index in [1.807, 2.05) is 0 Å². The minimum Gasteiger partial charge on any atom is -0.383 e. The molecule has 0 aliphatic heterocycles. The standard InChI is InChI=1S/C17H17N3O5/c1-25-11-10-18-16(21)12-2-6-14(7-3-12)19-17(22)13-4-8-15(9-5-13)20(23)24/h2-9H,10-11H2,1H3,(H,18,21)(H,19,22). The van der Waals surface area contributed by atoms with Crippen molar-refractivity contribution >= 4 is 23.2 Å². The molecule has 0 saturated heterocycles. The Bertz CT molecular complexity index is 757. The van der Waals surface area contributed by atoms with Crippen molar-refractivity contribution < 1.29 is 19.2 Å². The van der Waals surface area contributed by atoms with Gasteiger partial charge in [-0.15, -0.1) is 0 Å². The van der Waals surface area contributed by atoms with Gasteiger partial charge in [0.2, 0.25) is 0 Å². The molecule has 2 aromatic carbocycles. The van der Waals surface area contributed by atoms with Gasteiger partial charge in [0.05, 0.1) is 11.5 Å². The molecule has 0 radical (unpaired) electrons. The summed E-state index contributed by atoms with van der Waals surface area (Å²) in [6.45, 7) is 0.836. The van der Waals surface area contributed by atoms with Crippen LogP contribution in [0.15, 0.2) is 48.5 Å². The first kappa shape index (κ1) is 18.1. The highest BCUT2D eigenvalue weighted by atomic mass is 16.6. The molecule has 0 aliphatic rings. The van der Waals surface area contributed by atoms with Crippen molar-refractivity contribution in [1.29, 1.82) is 0 Å². The lowest BCUT2D eigenvalue weighted by Crippen LogP contribution is -2.26. The minimum absolute atomic E-state index is 0.0830. The highest BCUT2D eigenvalue weighted by Crippen LogP contribution is 2.15. The third kappa shape index (κ3) is 5.11. The maximum absolute atomic E-state index is 12.1. The molecule has 2 aromatic rings. The fraction of sp³-hybridized carbons (Fsp3) is 0.176. The summed E-state index contributed by atoms with van der Waals surface area (Å²) in [4.78, 5) is 34.0. The molecule has 8 heteroatoms. The van der Waals surface area contributed by atoms with Crippen molar-refractivity contribution in [2.45, 2.75) is 0 Å². The van der Waals surface area contributed by atoms with Crippen LogP contribution in [-0.4, -0.2) is 37.0 Å². The van der Waals surface area contributed by atoms with Gasteiger partial charge in [0.25, 0.3) is 17.5 Å².